The number of rotatable bonds is 1. The summed E-state index contributed by atoms with van der Waals surface area (Å²) in [6.45, 7) is 0.335. The van der Waals surface area contributed by atoms with Crippen LogP contribution in [0.15, 0.2) is 0 Å². The van der Waals surface area contributed by atoms with Crippen molar-refractivity contribution in [3.63, 3.8) is 0 Å². The van der Waals surface area contributed by atoms with Gasteiger partial charge in [0, 0.05) is 6.54 Å². The largest absolute Gasteiger partial charge is 0.389 e. The highest BCUT2D eigenvalue weighted by Gasteiger charge is 2.46. The Morgan fingerprint density at radius 2 is 1.71 bits per heavy atom. The minimum Gasteiger partial charge on any atom is -0.389 e. The van der Waals surface area contributed by atoms with Crippen LogP contribution in [0.1, 0.15) is 0 Å². The number of hydrogen-bond donors (Lipinski definition) is 5. The summed E-state index contributed by atoms with van der Waals surface area (Å²) in [5, 5.41) is 40.4. The molecule has 5 N–H and O–H groups in total. The van der Waals surface area contributed by atoms with Gasteiger partial charge < -0.3 is 30.5 Å². The molecule has 0 bridgehead atoms. The zero-order chi connectivity index (χ0) is 10.3. The number of aliphatic hydroxyl groups excluding tert-OH is 4. The van der Waals surface area contributed by atoms with Crippen LogP contribution in [0.25, 0.3) is 0 Å². The lowest BCUT2D eigenvalue weighted by atomic mass is 10.00. The Morgan fingerprint density at radius 1 is 1.00 bits per heavy atom. The average molecular weight is 205 g/mol. The summed E-state index contributed by atoms with van der Waals surface area (Å²) in [6.07, 6.45) is -4.37. The number of hydrogen-bond acceptors (Lipinski definition) is 6. The van der Waals surface area contributed by atoms with Crippen molar-refractivity contribution in [2.45, 2.75) is 36.6 Å². The Hall–Kier alpha value is -0.240. The highest BCUT2D eigenvalue weighted by Crippen LogP contribution is 2.23. The molecule has 2 saturated heterocycles. The molecule has 0 aromatic heterocycles. The molecule has 14 heavy (non-hydrogen) atoms. The first kappa shape index (κ1) is 10.3. The molecule has 6 heteroatoms. The average Bonchev–Trinajstić information content (AvgIpc) is 2.63. The molecule has 2 aliphatic heterocycles. The van der Waals surface area contributed by atoms with Crippen LogP contribution in [0.5, 0.6) is 0 Å². The summed E-state index contributed by atoms with van der Waals surface area (Å²) in [5.41, 5.74) is 0. The number of ether oxygens (including phenoxy) is 1. The molecule has 0 spiro atoms. The lowest BCUT2D eigenvalue weighted by Gasteiger charge is -2.24. The Morgan fingerprint density at radius 3 is 2.14 bits per heavy atom. The van der Waals surface area contributed by atoms with Gasteiger partial charge in [0.1, 0.15) is 18.3 Å². The van der Waals surface area contributed by atoms with E-state index in [0.717, 1.165) is 0 Å². The monoisotopic (exact) mass is 205 g/mol. The summed E-state index contributed by atoms with van der Waals surface area (Å²) in [7, 11) is 0. The molecule has 2 heterocycles. The Kier molecular flexibility index (Phi) is 2.74. The van der Waals surface area contributed by atoms with Gasteiger partial charge in [0.25, 0.3) is 0 Å². The quantitative estimate of drug-likeness (QED) is 0.309. The van der Waals surface area contributed by atoms with Crippen molar-refractivity contribution in [1.82, 2.24) is 5.32 Å². The Labute approximate surface area is 81.1 Å². The van der Waals surface area contributed by atoms with Crippen LogP contribution in [0.4, 0.5) is 0 Å². The third kappa shape index (κ3) is 1.54. The third-order valence-electron chi connectivity index (χ3n) is 2.87. The van der Waals surface area contributed by atoms with E-state index in [1.807, 2.05) is 0 Å². The van der Waals surface area contributed by atoms with E-state index in [1.165, 1.54) is 0 Å². The molecule has 82 valence electrons. The molecule has 0 aliphatic carbocycles. The van der Waals surface area contributed by atoms with Gasteiger partial charge in [-0.2, -0.15) is 0 Å². The van der Waals surface area contributed by atoms with Crippen molar-refractivity contribution in [3.8, 4) is 0 Å². The SMILES string of the molecule is O[C@H]1[C@H]([C@H]2OC[C@H](O)[C@H]2O)NC[C@@H]1O. The van der Waals surface area contributed by atoms with Gasteiger partial charge in [-0.25, -0.2) is 0 Å². The molecular weight excluding hydrogens is 190 g/mol. The highest BCUT2D eigenvalue weighted by molar-refractivity contribution is 5.01. The summed E-state index contributed by atoms with van der Waals surface area (Å²) >= 11 is 0. The number of nitrogens with one attached hydrogen (secondary N) is 1. The lowest BCUT2D eigenvalue weighted by molar-refractivity contribution is -0.0362. The molecule has 2 fully saturated rings. The van der Waals surface area contributed by atoms with Gasteiger partial charge in [0.05, 0.1) is 24.9 Å². The fourth-order valence-corrected chi connectivity index (χ4v) is 1.99. The smallest absolute Gasteiger partial charge is 0.110 e. The minimum absolute atomic E-state index is 0.0623. The topological polar surface area (TPSA) is 102 Å². The van der Waals surface area contributed by atoms with Crippen molar-refractivity contribution in [2.75, 3.05) is 13.2 Å². The van der Waals surface area contributed by atoms with Crippen molar-refractivity contribution in [1.29, 1.82) is 0 Å². The summed E-state index contributed by atoms with van der Waals surface area (Å²) < 4.78 is 5.15. The third-order valence-corrected chi connectivity index (χ3v) is 2.87. The second-order valence-corrected chi connectivity index (χ2v) is 3.85. The van der Waals surface area contributed by atoms with Gasteiger partial charge in [0.15, 0.2) is 0 Å². The number of β-amino-alcohol motifs (C(OH)–C–C–N with tert-alkyl or cyclic N) is 1. The molecule has 0 radical (unpaired) electrons. The van der Waals surface area contributed by atoms with Gasteiger partial charge in [0.2, 0.25) is 0 Å². The van der Waals surface area contributed by atoms with Crippen molar-refractivity contribution < 1.29 is 25.2 Å². The molecule has 0 amide bonds. The zero-order valence-electron chi connectivity index (χ0n) is 7.58. The maximum absolute atomic E-state index is 9.54. The second-order valence-electron chi connectivity index (χ2n) is 3.85. The van der Waals surface area contributed by atoms with Crippen LogP contribution < -0.4 is 5.32 Å². The first-order valence-corrected chi connectivity index (χ1v) is 4.68. The molecule has 2 aliphatic rings. The first-order valence-electron chi connectivity index (χ1n) is 4.68. The summed E-state index contributed by atoms with van der Waals surface area (Å²) in [6, 6.07) is -0.517. The second kappa shape index (κ2) is 3.73. The van der Waals surface area contributed by atoms with E-state index in [-0.39, 0.29) is 13.2 Å². The van der Waals surface area contributed by atoms with Crippen molar-refractivity contribution in [3.05, 3.63) is 0 Å². The highest BCUT2D eigenvalue weighted by atomic mass is 16.5. The fourth-order valence-electron chi connectivity index (χ4n) is 1.99. The molecule has 0 aromatic rings. The first-order chi connectivity index (χ1) is 6.61. The van der Waals surface area contributed by atoms with Gasteiger partial charge in [-0.05, 0) is 0 Å². The molecule has 6 atom stereocenters. The van der Waals surface area contributed by atoms with E-state index < -0.39 is 36.6 Å². The van der Waals surface area contributed by atoms with Crippen molar-refractivity contribution in [2.24, 2.45) is 0 Å². The number of aliphatic hydroxyl groups is 4. The molecule has 0 aromatic carbocycles. The van der Waals surface area contributed by atoms with Crippen LogP contribution in [-0.2, 0) is 4.74 Å². The Balaban J connectivity index is 2.02. The summed E-state index contributed by atoms with van der Waals surface area (Å²) in [5.74, 6) is 0. The van der Waals surface area contributed by atoms with Crippen molar-refractivity contribution >= 4 is 0 Å². The van der Waals surface area contributed by atoms with Crippen LogP contribution >= 0.6 is 0 Å². The van der Waals surface area contributed by atoms with E-state index in [4.69, 9.17) is 4.74 Å². The molecule has 6 nitrogen and oxygen atoms in total. The van der Waals surface area contributed by atoms with Crippen LogP contribution in [-0.4, -0.2) is 70.1 Å². The lowest BCUT2D eigenvalue weighted by Crippen LogP contribution is -2.49. The summed E-state index contributed by atoms with van der Waals surface area (Å²) in [4.78, 5) is 0. The molecule has 0 unspecified atom stereocenters. The molecule has 2 rings (SSSR count). The normalized spacial score (nSPS) is 54.0. The van der Waals surface area contributed by atoms with Gasteiger partial charge in [-0.1, -0.05) is 0 Å². The van der Waals surface area contributed by atoms with E-state index in [9.17, 15) is 20.4 Å². The van der Waals surface area contributed by atoms with Gasteiger partial charge in [-0.3, -0.25) is 0 Å². The standard InChI is InChI=1S/C8H15NO5/c10-3-1-9-5(6(3)12)8-7(13)4(11)2-14-8/h3-13H,1-2H2/t3-,4-,5+,6+,7+,8+/m0/s1. The fraction of sp³-hybridized carbons (Fsp3) is 1.00. The Bertz CT molecular complexity index is 192. The van der Waals surface area contributed by atoms with Gasteiger partial charge >= 0.3 is 0 Å². The maximum atomic E-state index is 9.54. The predicted molar refractivity (Wildman–Crippen MR) is 45.6 cm³/mol. The van der Waals surface area contributed by atoms with Crippen LogP contribution in [0.3, 0.4) is 0 Å². The van der Waals surface area contributed by atoms with Crippen LogP contribution in [0, 0.1) is 0 Å². The van der Waals surface area contributed by atoms with E-state index in [1.54, 1.807) is 0 Å². The molecule has 0 saturated carbocycles. The minimum atomic E-state index is -1.01. The van der Waals surface area contributed by atoms with E-state index in [0.29, 0.717) is 0 Å². The molecular formula is C8H15NO5. The predicted octanol–water partition coefficient (Wildman–Crippen LogP) is -3.20. The zero-order valence-corrected chi connectivity index (χ0v) is 7.58. The maximum Gasteiger partial charge on any atom is 0.110 e. The van der Waals surface area contributed by atoms with Crippen LogP contribution in [0.2, 0.25) is 0 Å². The van der Waals surface area contributed by atoms with E-state index >= 15 is 0 Å². The van der Waals surface area contributed by atoms with E-state index in [2.05, 4.69) is 5.32 Å². The van der Waals surface area contributed by atoms with Gasteiger partial charge in [-0.15, -0.1) is 0 Å².